The Morgan fingerprint density at radius 1 is 1.50 bits per heavy atom. The molecule has 0 radical (unpaired) electrons. The van der Waals surface area contributed by atoms with Crippen molar-refractivity contribution in [1.29, 1.82) is 0 Å². The van der Waals surface area contributed by atoms with Crippen LogP contribution < -0.4 is 10.6 Å². The van der Waals surface area contributed by atoms with Gasteiger partial charge in [0, 0.05) is 25.5 Å². The number of aromatic nitrogens is 2. The molecule has 3 unspecified atom stereocenters. The number of rotatable bonds is 4. The summed E-state index contributed by atoms with van der Waals surface area (Å²) in [5.41, 5.74) is 0. The molecule has 1 aliphatic carbocycles. The lowest BCUT2D eigenvalue weighted by atomic mass is 9.94. The SMILES string of the molecule is O=C(NCCn1ccnc1)C1NCC2CCCC21. The second kappa shape index (κ2) is 5.10. The van der Waals surface area contributed by atoms with Gasteiger partial charge >= 0.3 is 0 Å². The molecule has 1 amide bonds. The predicted molar refractivity (Wildman–Crippen MR) is 67.9 cm³/mol. The Bertz CT molecular complexity index is 403. The Labute approximate surface area is 107 Å². The zero-order chi connectivity index (χ0) is 12.4. The number of fused-ring (bicyclic) bond motifs is 1. The van der Waals surface area contributed by atoms with Gasteiger partial charge in [-0.1, -0.05) is 6.42 Å². The van der Waals surface area contributed by atoms with E-state index in [-0.39, 0.29) is 11.9 Å². The smallest absolute Gasteiger partial charge is 0.237 e. The summed E-state index contributed by atoms with van der Waals surface area (Å²) in [5.74, 6) is 1.47. The zero-order valence-electron chi connectivity index (χ0n) is 10.5. The fourth-order valence-electron chi connectivity index (χ4n) is 3.31. The van der Waals surface area contributed by atoms with Crippen LogP contribution in [0.15, 0.2) is 18.7 Å². The van der Waals surface area contributed by atoms with Crippen LogP contribution in [-0.4, -0.2) is 34.6 Å². The minimum Gasteiger partial charge on any atom is -0.353 e. The molecule has 2 heterocycles. The lowest BCUT2D eigenvalue weighted by molar-refractivity contribution is -0.123. The van der Waals surface area contributed by atoms with Gasteiger partial charge < -0.3 is 15.2 Å². The predicted octanol–water partition coefficient (Wildman–Crippen LogP) is 0.387. The average Bonchev–Trinajstić information content (AvgIpc) is 3.05. The van der Waals surface area contributed by atoms with E-state index < -0.39 is 0 Å². The molecule has 1 saturated carbocycles. The Morgan fingerprint density at radius 3 is 3.28 bits per heavy atom. The number of imidazole rings is 1. The minimum atomic E-state index is 0.0419. The lowest BCUT2D eigenvalue weighted by Crippen LogP contribution is -2.44. The zero-order valence-corrected chi connectivity index (χ0v) is 10.5. The van der Waals surface area contributed by atoms with Gasteiger partial charge in [-0.15, -0.1) is 0 Å². The van der Waals surface area contributed by atoms with Crippen LogP contribution in [0, 0.1) is 11.8 Å². The molecule has 0 bridgehead atoms. The monoisotopic (exact) mass is 248 g/mol. The average molecular weight is 248 g/mol. The first-order chi connectivity index (χ1) is 8.84. The van der Waals surface area contributed by atoms with Gasteiger partial charge in [0.15, 0.2) is 0 Å². The lowest BCUT2D eigenvalue weighted by Gasteiger charge is -2.17. The molecular formula is C13H20N4O. The number of nitrogens with zero attached hydrogens (tertiary/aromatic N) is 2. The second-order valence-corrected chi connectivity index (χ2v) is 5.33. The topological polar surface area (TPSA) is 59.0 Å². The van der Waals surface area contributed by atoms with E-state index in [2.05, 4.69) is 15.6 Å². The van der Waals surface area contributed by atoms with Crippen molar-refractivity contribution >= 4 is 5.91 Å². The molecular weight excluding hydrogens is 228 g/mol. The van der Waals surface area contributed by atoms with E-state index in [9.17, 15) is 4.79 Å². The van der Waals surface area contributed by atoms with Crippen LogP contribution in [0.25, 0.3) is 0 Å². The summed E-state index contributed by atoms with van der Waals surface area (Å²) in [7, 11) is 0. The van der Waals surface area contributed by atoms with E-state index in [1.54, 1.807) is 12.5 Å². The molecule has 18 heavy (non-hydrogen) atoms. The maximum atomic E-state index is 12.1. The van der Waals surface area contributed by atoms with E-state index in [0.29, 0.717) is 12.5 Å². The highest BCUT2D eigenvalue weighted by Gasteiger charge is 2.42. The van der Waals surface area contributed by atoms with Crippen molar-refractivity contribution < 1.29 is 4.79 Å². The van der Waals surface area contributed by atoms with Crippen LogP contribution in [0.3, 0.4) is 0 Å². The number of nitrogens with one attached hydrogen (secondary N) is 2. The van der Waals surface area contributed by atoms with Crippen molar-refractivity contribution in [1.82, 2.24) is 20.2 Å². The quantitative estimate of drug-likeness (QED) is 0.810. The van der Waals surface area contributed by atoms with Gasteiger partial charge in [0.2, 0.25) is 5.91 Å². The molecule has 5 nitrogen and oxygen atoms in total. The molecule has 3 atom stereocenters. The van der Waals surface area contributed by atoms with Crippen molar-refractivity contribution in [2.24, 2.45) is 11.8 Å². The van der Waals surface area contributed by atoms with Gasteiger partial charge in [0.1, 0.15) is 0 Å². The molecule has 2 aliphatic rings. The Morgan fingerprint density at radius 2 is 2.44 bits per heavy atom. The van der Waals surface area contributed by atoms with Gasteiger partial charge in [-0.25, -0.2) is 4.98 Å². The van der Waals surface area contributed by atoms with Crippen molar-refractivity contribution in [3.63, 3.8) is 0 Å². The third kappa shape index (κ3) is 2.27. The van der Waals surface area contributed by atoms with Crippen molar-refractivity contribution in [3.05, 3.63) is 18.7 Å². The molecule has 98 valence electrons. The fourth-order valence-corrected chi connectivity index (χ4v) is 3.31. The summed E-state index contributed by atoms with van der Waals surface area (Å²) in [4.78, 5) is 16.1. The number of carbonyl (C=O) groups excluding carboxylic acids is 1. The maximum Gasteiger partial charge on any atom is 0.237 e. The van der Waals surface area contributed by atoms with Gasteiger partial charge in [-0.05, 0) is 31.2 Å². The number of hydrogen-bond donors (Lipinski definition) is 2. The van der Waals surface area contributed by atoms with Crippen molar-refractivity contribution in [2.45, 2.75) is 31.8 Å². The molecule has 1 aliphatic heterocycles. The molecule has 1 aromatic heterocycles. The number of carbonyl (C=O) groups is 1. The first kappa shape index (κ1) is 11.7. The molecule has 2 fully saturated rings. The van der Waals surface area contributed by atoms with Gasteiger partial charge in [-0.2, -0.15) is 0 Å². The number of amides is 1. The fraction of sp³-hybridized carbons (Fsp3) is 0.692. The van der Waals surface area contributed by atoms with Gasteiger partial charge in [-0.3, -0.25) is 4.79 Å². The maximum absolute atomic E-state index is 12.1. The second-order valence-electron chi connectivity index (χ2n) is 5.33. The first-order valence-corrected chi connectivity index (χ1v) is 6.81. The summed E-state index contributed by atoms with van der Waals surface area (Å²) in [6, 6.07) is 0.0419. The molecule has 1 aromatic rings. The van der Waals surface area contributed by atoms with Crippen LogP contribution in [0.4, 0.5) is 0 Å². The third-order valence-corrected chi connectivity index (χ3v) is 4.26. The van der Waals surface area contributed by atoms with E-state index in [1.165, 1.54) is 19.3 Å². The summed E-state index contributed by atoms with van der Waals surface area (Å²) in [5, 5.41) is 6.40. The highest BCUT2D eigenvalue weighted by atomic mass is 16.2. The summed E-state index contributed by atoms with van der Waals surface area (Å²) in [6.07, 6.45) is 9.22. The third-order valence-electron chi connectivity index (χ3n) is 4.26. The number of hydrogen-bond acceptors (Lipinski definition) is 3. The van der Waals surface area contributed by atoms with Crippen LogP contribution in [-0.2, 0) is 11.3 Å². The Hall–Kier alpha value is -1.36. The Balaban J connectivity index is 1.47. The molecule has 1 saturated heterocycles. The highest BCUT2D eigenvalue weighted by molar-refractivity contribution is 5.82. The molecule has 0 spiro atoms. The van der Waals surface area contributed by atoms with E-state index in [4.69, 9.17) is 0 Å². The van der Waals surface area contributed by atoms with Crippen LogP contribution >= 0.6 is 0 Å². The molecule has 0 aromatic carbocycles. The summed E-state index contributed by atoms with van der Waals surface area (Å²) in [6.45, 7) is 2.47. The normalized spacial score (nSPS) is 30.3. The largest absolute Gasteiger partial charge is 0.353 e. The van der Waals surface area contributed by atoms with Crippen molar-refractivity contribution in [2.75, 3.05) is 13.1 Å². The summed E-state index contributed by atoms with van der Waals surface area (Å²) < 4.78 is 1.97. The highest BCUT2D eigenvalue weighted by Crippen LogP contribution is 2.37. The first-order valence-electron chi connectivity index (χ1n) is 6.81. The molecule has 5 heteroatoms. The van der Waals surface area contributed by atoms with E-state index in [1.807, 2.05) is 10.8 Å². The summed E-state index contributed by atoms with van der Waals surface area (Å²) >= 11 is 0. The van der Waals surface area contributed by atoms with Crippen LogP contribution in [0.5, 0.6) is 0 Å². The molecule has 3 rings (SSSR count). The van der Waals surface area contributed by atoms with Gasteiger partial charge in [0.25, 0.3) is 0 Å². The minimum absolute atomic E-state index is 0.0419. The Kier molecular flexibility index (Phi) is 3.32. The van der Waals surface area contributed by atoms with E-state index in [0.717, 1.165) is 19.0 Å². The standard InChI is InChI=1S/C13H20N4O/c18-13(15-5-7-17-6-4-14-9-17)12-11-3-1-2-10(11)8-16-12/h4,6,9-12,16H,1-3,5,7-8H2,(H,15,18). The van der Waals surface area contributed by atoms with Gasteiger partial charge in [0.05, 0.1) is 12.4 Å². The van der Waals surface area contributed by atoms with Crippen molar-refractivity contribution in [3.8, 4) is 0 Å². The molecule has 2 N–H and O–H groups in total. The van der Waals surface area contributed by atoms with E-state index >= 15 is 0 Å². The van der Waals surface area contributed by atoms with Crippen LogP contribution in [0.1, 0.15) is 19.3 Å². The van der Waals surface area contributed by atoms with Crippen LogP contribution in [0.2, 0.25) is 0 Å².